The fourth-order valence-electron chi connectivity index (χ4n) is 3.34. The Balaban J connectivity index is 1.86. The first kappa shape index (κ1) is 18.0. The molecule has 0 saturated carbocycles. The van der Waals surface area contributed by atoms with Gasteiger partial charge in [0.05, 0.1) is 6.04 Å². The molecule has 3 rings (SSSR count). The summed E-state index contributed by atoms with van der Waals surface area (Å²) in [6.07, 6.45) is 4.02. The van der Waals surface area contributed by atoms with Crippen LogP contribution in [-0.2, 0) is 14.3 Å². The van der Waals surface area contributed by atoms with E-state index in [1.807, 2.05) is 30.6 Å². The minimum Gasteiger partial charge on any atom is -0.444 e. The highest BCUT2D eigenvalue weighted by molar-refractivity contribution is 5.77. The first-order valence-electron chi connectivity index (χ1n) is 8.60. The highest BCUT2D eigenvalue weighted by Gasteiger charge is 2.43. The average Bonchev–Trinajstić information content (AvgIpc) is 2.50. The smallest absolute Gasteiger partial charge is 0.410 e. The normalized spacial score (nSPS) is 24.0. The molecule has 3 aliphatic rings. The summed E-state index contributed by atoms with van der Waals surface area (Å²) in [6, 6.07) is 0.236. The van der Waals surface area contributed by atoms with Crippen molar-refractivity contribution in [1.82, 2.24) is 9.80 Å². The van der Waals surface area contributed by atoms with Gasteiger partial charge in [-0.25, -0.2) is 4.79 Å². The Morgan fingerprint density at radius 1 is 1.04 bits per heavy atom. The fourth-order valence-corrected chi connectivity index (χ4v) is 3.34. The number of fused-ring (bicyclic) bond motifs is 3. The van der Waals surface area contributed by atoms with E-state index in [9.17, 15) is 9.59 Å². The van der Waals surface area contributed by atoms with Gasteiger partial charge >= 0.3 is 6.09 Å². The van der Waals surface area contributed by atoms with Gasteiger partial charge in [-0.3, -0.25) is 4.79 Å². The van der Waals surface area contributed by atoms with Crippen molar-refractivity contribution in [2.24, 2.45) is 0 Å². The van der Waals surface area contributed by atoms with Gasteiger partial charge in [-0.1, -0.05) is 0 Å². The molecule has 0 aliphatic carbocycles. The van der Waals surface area contributed by atoms with E-state index < -0.39 is 5.60 Å². The SMILES string of the molecule is COCCCCC(=O)N1C[C@H]2CC[C@H]1CN2C(=O)OC(C)(C)C. The number of hydrogen-bond donors (Lipinski definition) is 0. The van der Waals surface area contributed by atoms with Gasteiger partial charge in [0.25, 0.3) is 0 Å². The third-order valence-corrected chi connectivity index (χ3v) is 4.47. The molecule has 23 heavy (non-hydrogen) atoms. The molecule has 132 valence electrons. The van der Waals surface area contributed by atoms with Gasteiger partial charge in [0.15, 0.2) is 0 Å². The zero-order valence-corrected chi connectivity index (χ0v) is 14.8. The molecule has 3 fully saturated rings. The molecular weight excluding hydrogens is 296 g/mol. The highest BCUT2D eigenvalue weighted by Crippen LogP contribution is 2.30. The van der Waals surface area contributed by atoms with Crippen LogP contribution in [0.3, 0.4) is 0 Å². The maximum Gasteiger partial charge on any atom is 0.410 e. The second-order valence-corrected chi connectivity index (χ2v) is 7.51. The molecule has 0 spiro atoms. The van der Waals surface area contributed by atoms with Crippen LogP contribution in [0.1, 0.15) is 52.9 Å². The maximum absolute atomic E-state index is 12.4. The molecule has 3 saturated heterocycles. The molecule has 0 N–H and O–H groups in total. The van der Waals surface area contributed by atoms with Crippen LogP contribution in [0.5, 0.6) is 0 Å². The number of carbonyl (C=O) groups excluding carboxylic acids is 2. The molecule has 0 unspecified atom stereocenters. The molecule has 0 aromatic heterocycles. The first-order chi connectivity index (χ1) is 10.8. The number of amides is 2. The Hall–Kier alpha value is -1.30. The molecule has 0 aromatic carbocycles. The standard InChI is InChI=1S/C17H30N2O4/c1-17(2,3)23-16(21)19-12-13-8-9-14(19)11-18(13)15(20)7-5-6-10-22-4/h13-14H,5-12H2,1-4H3/t13-,14+/m0/s1. The minimum absolute atomic E-state index is 0.0952. The van der Waals surface area contributed by atoms with E-state index in [0.29, 0.717) is 26.1 Å². The number of rotatable bonds is 5. The van der Waals surface area contributed by atoms with E-state index in [2.05, 4.69) is 0 Å². The van der Waals surface area contributed by atoms with Crippen molar-refractivity contribution in [3.8, 4) is 0 Å². The zero-order chi connectivity index (χ0) is 17.0. The van der Waals surface area contributed by atoms with E-state index >= 15 is 0 Å². The van der Waals surface area contributed by atoms with Crippen molar-refractivity contribution in [3.63, 3.8) is 0 Å². The summed E-state index contributed by atoms with van der Waals surface area (Å²) in [5.74, 6) is 0.208. The van der Waals surface area contributed by atoms with Crippen LogP contribution in [0, 0.1) is 0 Å². The van der Waals surface area contributed by atoms with E-state index in [1.165, 1.54) is 0 Å². The van der Waals surface area contributed by atoms with Crippen LogP contribution in [-0.4, -0.2) is 66.3 Å². The topological polar surface area (TPSA) is 59.1 Å². The van der Waals surface area contributed by atoms with Gasteiger partial charge in [-0.05, 0) is 46.5 Å². The molecule has 3 heterocycles. The van der Waals surface area contributed by atoms with Crippen molar-refractivity contribution < 1.29 is 19.1 Å². The second kappa shape index (κ2) is 7.51. The highest BCUT2D eigenvalue weighted by atomic mass is 16.6. The Morgan fingerprint density at radius 2 is 1.65 bits per heavy atom. The summed E-state index contributed by atoms with van der Waals surface area (Å²) in [7, 11) is 1.68. The fraction of sp³-hybridized carbons (Fsp3) is 0.882. The van der Waals surface area contributed by atoms with E-state index in [-0.39, 0.29) is 24.1 Å². The minimum atomic E-state index is -0.482. The molecule has 2 atom stereocenters. The Labute approximate surface area is 139 Å². The van der Waals surface area contributed by atoms with Crippen molar-refractivity contribution in [3.05, 3.63) is 0 Å². The Morgan fingerprint density at radius 3 is 2.17 bits per heavy atom. The monoisotopic (exact) mass is 326 g/mol. The summed E-state index contributed by atoms with van der Waals surface area (Å²) in [5.41, 5.74) is -0.482. The molecule has 6 nitrogen and oxygen atoms in total. The van der Waals surface area contributed by atoms with Crippen LogP contribution >= 0.6 is 0 Å². The van der Waals surface area contributed by atoms with Crippen molar-refractivity contribution in [1.29, 1.82) is 0 Å². The lowest BCUT2D eigenvalue weighted by Crippen LogP contribution is -2.65. The summed E-state index contributed by atoms with van der Waals surface area (Å²) in [5, 5.41) is 0. The summed E-state index contributed by atoms with van der Waals surface area (Å²) >= 11 is 0. The predicted octanol–water partition coefficient (Wildman–Crippen LogP) is 2.41. The molecular formula is C17H30N2O4. The number of methoxy groups -OCH3 is 1. The van der Waals surface area contributed by atoms with Gasteiger partial charge in [0.2, 0.25) is 5.91 Å². The number of nitrogens with zero attached hydrogens (tertiary/aromatic N) is 2. The number of piperazine rings is 1. The van der Waals surface area contributed by atoms with Crippen LogP contribution in [0.15, 0.2) is 0 Å². The number of carbonyl (C=O) groups is 2. The quantitative estimate of drug-likeness (QED) is 0.728. The summed E-state index contributed by atoms with van der Waals surface area (Å²) < 4.78 is 10.5. The zero-order valence-electron chi connectivity index (χ0n) is 14.8. The van der Waals surface area contributed by atoms with Gasteiger partial charge in [0, 0.05) is 39.3 Å². The predicted molar refractivity (Wildman–Crippen MR) is 87.2 cm³/mol. The number of hydrogen-bond acceptors (Lipinski definition) is 4. The third-order valence-electron chi connectivity index (χ3n) is 4.47. The molecule has 0 aromatic rings. The van der Waals surface area contributed by atoms with E-state index in [0.717, 1.165) is 25.7 Å². The van der Waals surface area contributed by atoms with E-state index in [1.54, 1.807) is 7.11 Å². The summed E-state index contributed by atoms with van der Waals surface area (Å²) in [4.78, 5) is 28.5. The number of ether oxygens (including phenoxy) is 2. The average molecular weight is 326 g/mol. The third kappa shape index (κ3) is 4.83. The molecule has 2 bridgehead atoms. The second-order valence-electron chi connectivity index (χ2n) is 7.51. The van der Waals surface area contributed by atoms with Crippen LogP contribution in [0.25, 0.3) is 0 Å². The maximum atomic E-state index is 12.4. The van der Waals surface area contributed by atoms with Gasteiger partial charge < -0.3 is 19.3 Å². The lowest BCUT2D eigenvalue weighted by Gasteiger charge is -2.51. The Bertz CT molecular complexity index is 433. The van der Waals surface area contributed by atoms with Crippen molar-refractivity contribution in [2.75, 3.05) is 26.8 Å². The number of piperidine rings is 2. The van der Waals surface area contributed by atoms with Crippen LogP contribution in [0.4, 0.5) is 4.79 Å². The molecule has 0 radical (unpaired) electrons. The summed E-state index contributed by atoms with van der Waals surface area (Å²) in [6.45, 7) is 7.58. The van der Waals surface area contributed by atoms with Crippen molar-refractivity contribution in [2.45, 2.75) is 70.6 Å². The molecule has 6 heteroatoms. The molecule has 2 amide bonds. The molecule has 3 aliphatic heterocycles. The van der Waals surface area contributed by atoms with Gasteiger partial charge in [0.1, 0.15) is 5.60 Å². The van der Waals surface area contributed by atoms with E-state index in [4.69, 9.17) is 9.47 Å². The van der Waals surface area contributed by atoms with Gasteiger partial charge in [-0.15, -0.1) is 0 Å². The van der Waals surface area contributed by atoms with Crippen LogP contribution in [0.2, 0.25) is 0 Å². The van der Waals surface area contributed by atoms with Crippen molar-refractivity contribution >= 4 is 12.0 Å². The Kier molecular flexibility index (Phi) is 5.89. The first-order valence-corrected chi connectivity index (χ1v) is 8.60. The van der Waals surface area contributed by atoms with Crippen LogP contribution < -0.4 is 0 Å². The number of unbranched alkanes of at least 4 members (excludes halogenated alkanes) is 1. The lowest BCUT2D eigenvalue weighted by atomic mass is 9.90. The van der Waals surface area contributed by atoms with Gasteiger partial charge in [-0.2, -0.15) is 0 Å². The lowest BCUT2D eigenvalue weighted by molar-refractivity contribution is -0.141. The largest absolute Gasteiger partial charge is 0.444 e.